The summed E-state index contributed by atoms with van der Waals surface area (Å²) in [5.41, 5.74) is 0. The van der Waals surface area contributed by atoms with Crippen LogP contribution in [0, 0.1) is 0 Å². The Morgan fingerprint density at radius 1 is 0.690 bits per heavy atom. The van der Waals surface area contributed by atoms with Crippen molar-refractivity contribution < 1.29 is 14.3 Å². The summed E-state index contributed by atoms with van der Waals surface area (Å²) in [6.45, 7) is 4.90. The Morgan fingerprint density at radius 2 is 1.14 bits per heavy atom. The van der Waals surface area contributed by atoms with Crippen molar-refractivity contribution in [1.29, 1.82) is 0 Å². The van der Waals surface area contributed by atoms with Crippen molar-refractivity contribution in [3.05, 3.63) is 0 Å². The van der Waals surface area contributed by atoms with Crippen molar-refractivity contribution in [1.82, 2.24) is 0 Å². The Morgan fingerprint density at radius 3 is 1.55 bits per heavy atom. The van der Waals surface area contributed by atoms with E-state index in [1.54, 1.807) is 0 Å². The van der Waals surface area contributed by atoms with Crippen LogP contribution in [0.15, 0.2) is 4.99 Å². The predicted molar refractivity (Wildman–Crippen MR) is 128 cm³/mol. The number of unbranched alkanes of at least 4 members (excludes halogenated alkanes) is 15. The van der Waals surface area contributed by atoms with Crippen molar-refractivity contribution in [2.45, 2.75) is 123 Å². The van der Waals surface area contributed by atoms with Crippen molar-refractivity contribution in [2.24, 2.45) is 4.99 Å². The monoisotopic (exact) mass is 429 g/mol. The first-order valence-electron chi connectivity index (χ1n) is 12.2. The molecule has 0 saturated carbocycles. The van der Waals surface area contributed by atoms with Crippen molar-refractivity contribution in [3.8, 4) is 0 Å². The fourth-order valence-corrected chi connectivity index (χ4v) is 4.05. The Kier molecular flexibility index (Phi) is 23.0. The van der Waals surface area contributed by atoms with Gasteiger partial charge < -0.3 is 9.47 Å². The lowest BCUT2D eigenvalue weighted by Crippen LogP contribution is -2.06. The van der Waals surface area contributed by atoms with Crippen LogP contribution < -0.4 is 0 Å². The molecule has 0 spiro atoms. The molecule has 0 saturated heterocycles. The number of amides is 1. The molecule has 1 amide bonds. The third-order valence-corrected chi connectivity index (χ3v) is 5.96. The summed E-state index contributed by atoms with van der Waals surface area (Å²) in [6.07, 6.45) is 22.3. The molecule has 0 aliphatic heterocycles. The number of thioether (sulfide) groups is 1. The van der Waals surface area contributed by atoms with Crippen LogP contribution in [0.1, 0.15) is 123 Å². The molecule has 0 fully saturated rings. The number of hydrogen-bond acceptors (Lipinski definition) is 4. The smallest absolute Gasteiger partial charge is 0.437 e. The molecular weight excluding hydrogens is 382 g/mol. The summed E-state index contributed by atoms with van der Waals surface area (Å²) in [7, 11) is 1.34. The van der Waals surface area contributed by atoms with E-state index in [1.807, 2.05) is 6.92 Å². The van der Waals surface area contributed by atoms with E-state index >= 15 is 0 Å². The van der Waals surface area contributed by atoms with Crippen LogP contribution in [0.2, 0.25) is 0 Å². The number of hydrogen-bond donors (Lipinski definition) is 0. The van der Waals surface area contributed by atoms with E-state index in [-0.39, 0.29) is 0 Å². The molecule has 172 valence electrons. The van der Waals surface area contributed by atoms with Gasteiger partial charge in [0.25, 0.3) is 5.23 Å². The van der Waals surface area contributed by atoms with Crippen molar-refractivity contribution in [3.63, 3.8) is 0 Å². The molecule has 0 aliphatic carbocycles. The Balaban J connectivity index is 3.39. The third kappa shape index (κ3) is 21.8. The lowest BCUT2D eigenvalue weighted by Gasteiger charge is -2.07. The topological polar surface area (TPSA) is 47.9 Å². The molecule has 4 nitrogen and oxygen atoms in total. The molecule has 0 unspecified atom stereocenters. The molecule has 0 aromatic heterocycles. The lowest BCUT2D eigenvalue weighted by molar-refractivity contribution is 0.181. The van der Waals surface area contributed by atoms with Gasteiger partial charge in [0.15, 0.2) is 0 Å². The molecule has 0 heterocycles. The molecule has 0 aliphatic rings. The summed E-state index contributed by atoms with van der Waals surface area (Å²) < 4.78 is 10.1. The minimum atomic E-state index is -0.587. The summed E-state index contributed by atoms with van der Waals surface area (Å²) in [6, 6.07) is 0. The molecule has 5 heteroatoms. The fourth-order valence-electron chi connectivity index (χ4n) is 3.23. The van der Waals surface area contributed by atoms with Gasteiger partial charge in [0.05, 0.1) is 13.7 Å². The van der Waals surface area contributed by atoms with Crippen LogP contribution >= 0.6 is 11.8 Å². The quantitative estimate of drug-likeness (QED) is 0.117. The van der Waals surface area contributed by atoms with Gasteiger partial charge in [-0.1, -0.05) is 122 Å². The molecule has 29 heavy (non-hydrogen) atoms. The number of rotatable bonds is 19. The van der Waals surface area contributed by atoms with Gasteiger partial charge in [0, 0.05) is 5.75 Å². The van der Waals surface area contributed by atoms with E-state index in [0.29, 0.717) is 11.8 Å². The highest BCUT2D eigenvalue weighted by Crippen LogP contribution is 2.15. The molecule has 0 atom stereocenters. The first kappa shape index (κ1) is 28.3. The molecule has 0 bridgehead atoms. The second kappa shape index (κ2) is 23.6. The van der Waals surface area contributed by atoms with Gasteiger partial charge in [0.2, 0.25) is 0 Å². The van der Waals surface area contributed by atoms with E-state index < -0.39 is 6.09 Å². The Bertz CT molecular complexity index is 388. The molecule has 0 rings (SSSR count). The molecule has 0 N–H and O–H groups in total. The fraction of sp³-hybridized carbons (Fsp3) is 0.917. The van der Waals surface area contributed by atoms with Gasteiger partial charge in [-0.2, -0.15) is 0 Å². The van der Waals surface area contributed by atoms with Gasteiger partial charge in [-0.05, 0) is 12.8 Å². The first-order valence-corrected chi connectivity index (χ1v) is 13.1. The van der Waals surface area contributed by atoms with Crippen LogP contribution in [0.3, 0.4) is 0 Å². The van der Waals surface area contributed by atoms with Crippen LogP contribution in [0.25, 0.3) is 0 Å². The van der Waals surface area contributed by atoms with Gasteiger partial charge in [-0.3, -0.25) is 0 Å². The van der Waals surface area contributed by atoms with E-state index in [1.165, 1.54) is 115 Å². The normalized spacial score (nSPS) is 11.6. The highest BCUT2D eigenvalue weighted by Gasteiger charge is 2.06. The number of aliphatic imine (C=N–C) groups is 1. The zero-order chi connectivity index (χ0) is 21.4. The largest absolute Gasteiger partial charge is 0.473 e. The Hall–Kier alpha value is -0.710. The van der Waals surface area contributed by atoms with Crippen LogP contribution in [-0.2, 0) is 9.47 Å². The minimum Gasteiger partial charge on any atom is -0.473 e. The summed E-state index contributed by atoms with van der Waals surface area (Å²) >= 11 is 1.52. The van der Waals surface area contributed by atoms with Gasteiger partial charge in [0.1, 0.15) is 0 Å². The SMILES string of the molecule is CCCCCCCCCCCCCCCCCCSC(=NC(=O)OC)OCCC. The van der Waals surface area contributed by atoms with Gasteiger partial charge in [-0.25, -0.2) is 4.79 Å². The maximum atomic E-state index is 11.3. The van der Waals surface area contributed by atoms with Gasteiger partial charge in [-0.15, -0.1) is 4.99 Å². The maximum absolute atomic E-state index is 11.3. The van der Waals surface area contributed by atoms with Crippen LogP contribution in [-0.4, -0.2) is 30.8 Å². The number of nitrogens with zero attached hydrogens (tertiary/aromatic N) is 1. The summed E-state index contributed by atoms with van der Waals surface area (Å²) in [5, 5.41) is 0.444. The number of carbonyl (C=O) groups is 1. The number of methoxy groups -OCH3 is 1. The van der Waals surface area contributed by atoms with E-state index in [0.717, 1.165) is 18.6 Å². The average Bonchev–Trinajstić information content (AvgIpc) is 2.73. The zero-order valence-corrected chi connectivity index (χ0v) is 20.3. The molecule has 0 aromatic rings. The number of ether oxygens (including phenoxy) is 2. The standard InChI is InChI=1S/C24H47NO3S/c1-4-6-7-8-9-10-11-12-13-14-15-16-17-18-19-20-22-29-24(28-21-5-2)25-23(26)27-3/h4-22H2,1-3H3. The molecule has 0 radical (unpaired) electrons. The molecular formula is C24H47NO3S. The minimum absolute atomic E-state index is 0.444. The van der Waals surface area contributed by atoms with Crippen molar-refractivity contribution in [2.75, 3.05) is 19.5 Å². The predicted octanol–water partition coefficient (Wildman–Crippen LogP) is 8.53. The highest BCUT2D eigenvalue weighted by atomic mass is 32.2. The summed E-state index contributed by atoms with van der Waals surface area (Å²) in [4.78, 5) is 15.1. The molecule has 0 aromatic carbocycles. The van der Waals surface area contributed by atoms with E-state index in [4.69, 9.17) is 4.74 Å². The zero-order valence-electron chi connectivity index (χ0n) is 19.5. The van der Waals surface area contributed by atoms with Crippen LogP contribution in [0.5, 0.6) is 0 Å². The maximum Gasteiger partial charge on any atom is 0.437 e. The van der Waals surface area contributed by atoms with E-state index in [2.05, 4.69) is 16.7 Å². The lowest BCUT2D eigenvalue weighted by atomic mass is 10.0. The van der Waals surface area contributed by atoms with E-state index in [9.17, 15) is 4.79 Å². The number of carbonyl (C=O) groups excluding carboxylic acids is 1. The van der Waals surface area contributed by atoms with Crippen molar-refractivity contribution >= 4 is 23.1 Å². The second-order valence-corrected chi connectivity index (χ2v) is 8.89. The Labute approximate surface area is 185 Å². The summed E-state index contributed by atoms with van der Waals surface area (Å²) in [5.74, 6) is 0.942. The average molecular weight is 430 g/mol. The van der Waals surface area contributed by atoms with Gasteiger partial charge >= 0.3 is 6.09 Å². The second-order valence-electron chi connectivity index (χ2n) is 7.85. The third-order valence-electron chi connectivity index (χ3n) is 5.01. The highest BCUT2D eigenvalue weighted by molar-refractivity contribution is 8.13. The van der Waals surface area contributed by atoms with Crippen LogP contribution in [0.4, 0.5) is 4.79 Å². The first-order chi connectivity index (χ1) is 14.2.